The monoisotopic (exact) mass is 478 g/mol. The van der Waals surface area contributed by atoms with Gasteiger partial charge in [-0.1, -0.05) is 43.3 Å². The van der Waals surface area contributed by atoms with E-state index in [4.69, 9.17) is 27.1 Å². The molecule has 0 bridgehead atoms. The van der Waals surface area contributed by atoms with Gasteiger partial charge in [-0.15, -0.1) is 0 Å². The lowest BCUT2D eigenvalue weighted by molar-refractivity contribution is 0.187. The van der Waals surface area contributed by atoms with E-state index in [1.807, 2.05) is 0 Å². The first-order valence-electron chi connectivity index (χ1n) is 11.1. The second kappa shape index (κ2) is 8.52. The molecule has 176 valence electrons. The van der Waals surface area contributed by atoms with E-state index in [1.165, 1.54) is 17.3 Å². The number of anilines is 1. The number of aliphatic imine (C=N–C) groups is 1. The zero-order chi connectivity index (χ0) is 22.6. The number of ether oxygens (including phenoxy) is 1. The highest BCUT2D eigenvalue weighted by atomic mass is 35.5. The first kappa shape index (κ1) is 22.6. The molecule has 1 fully saturated rings. The molecule has 8 nitrogen and oxygen atoms in total. The number of nitrogens with one attached hydrogen (secondary N) is 1. The molecule has 9 heteroatoms. The minimum absolute atomic E-state index is 0. The molecule has 0 unspecified atom stereocenters. The standard InChI is InChI=1S/C24H23ClN6O2.CH4/c25-19-17(5-8-27-22(19)32)33-23-20-16(12-29-23)30-18(13-28-20)31-9-6-24(7-10-31)11-14-3-1-2-4-15(14)21(24)26;/h1-5,8,13,21H,6-7,9-12,26H2,(H,27,32);1H4/t21-;/m1./s1. The summed E-state index contributed by atoms with van der Waals surface area (Å²) >= 11 is 6.04. The summed E-state index contributed by atoms with van der Waals surface area (Å²) in [6.07, 6.45) is 6.34. The first-order valence-corrected chi connectivity index (χ1v) is 11.5. The molecule has 34 heavy (non-hydrogen) atoms. The van der Waals surface area contributed by atoms with Gasteiger partial charge in [0.05, 0.1) is 18.4 Å². The van der Waals surface area contributed by atoms with Crippen LogP contribution in [0.5, 0.6) is 5.75 Å². The van der Waals surface area contributed by atoms with Gasteiger partial charge in [-0.2, -0.15) is 0 Å². The number of benzene rings is 1. The number of aromatic nitrogens is 3. The quantitative estimate of drug-likeness (QED) is 0.582. The number of pyridine rings is 1. The number of hydrogen-bond donors (Lipinski definition) is 2. The van der Waals surface area contributed by atoms with Crippen molar-refractivity contribution in [2.45, 2.75) is 39.3 Å². The summed E-state index contributed by atoms with van der Waals surface area (Å²) < 4.78 is 5.77. The SMILES string of the molecule is C.N[C@@H]1c2ccccc2CC12CCN(c1cnc3c(n1)CN=C3Oc1cc[nH]c(=O)c1Cl)CC2. The van der Waals surface area contributed by atoms with Gasteiger partial charge >= 0.3 is 0 Å². The molecule has 1 spiro atoms. The van der Waals surface area contributed by atoms with Crippen LogP contribution < -0.4 is 20.9 Å². The largest absolute Gasteiger partial charge is 0.435 e. The predicted molar refractivity (Wildman–Crippen MR) is 133 cm³/mol. The van der Waals surface area contributed by atoms with Crippen molar-refractivity contribution in [3.63, 3.8) is 0 Å². The Morgan fingerprint density at radius 2 is 2.00 bits per heavy atom. The van der Waals surface area contributed by atoms with Crippen molar-refractivity contribution >= 4 is 23.3 Å². The normalized spacial score (nSPS) is 19.9. The van der Waals surface area contributed by atoms with Gasteiger partial charge in [0.1, 0.15) is 16.5 Å². The van der Waals surface area contributed by atoms with Crippen LogP contribution in [-0.2, 0) is 13.0 Å². The van der Waals surface area contributed by atoms with Gasteiger partial charge in [-0.25, -0.2) is 15.0 Å². The molecular weight excluding hydrogens is 452 g/mol. The Labute approximate surface area is 202 Å². The Hall–Kier alpha value is -3.23. The zero-order valence-corrected chi connectivity index (χ0v) is 18.7. The van der Waals surface area contributed by atoms with Crippen molar-refractivity contribution in [2.24, 2.45) is 16.1 Å². The van der Waals surface area contributed by atoms with Crippen molar-refractivity contribution in [2.75, 3.05) is 18.0 Å². The number of rotatable bonds is 2. The number of fused-ring (bicyclic) bond motifs is 2. The van der Waals surface area contributed by atoms with Crippen LogP contribution in [0.3, 0.4) is 0 Å². The van der Waals surface area contributed by atoms with Gasteiger partial charge in [-0.05, 0) is 41.9 Å². The maximum absolute atomic E-state index is 11.7. The molecule has 2 aliphatic heterocycles. The molecule has 6 rings (SSSR count). The van der Waals surface area contributed by atoms with Gasteiger partial charge in [-0.3, -0.25) is 4.79 Å². The highest BCUT2D eigenvalue weighted by Crippen LogP contribution is 2.50. The molecule has 4 heterocycles. The van der Waals surface area contributed by atoms with Gasteiger partial charge in [0.2, 0.25) is 5.90 Å². The molecule has 1 saturated heterocycles. The van der Waals surface area contributed by atoms with E-state index in [9.17, 15) is 4.79 Å². The second-order valence-corrected chi connectivity index (χ2v) is 9.31. The fourth-order valence-corrected chi connectivity index (χ4v) is 5.43. The van der Waals surface area contributed by atoms with Crippen LogP contribution in [0.1, 0.15) is 48.8 Å². The van der Waals surface area contributed by atoms with Crippen molar-refractivity contribution in [3.05, 3.63) is 80.6 Å². The van der Waals surface area contributed by atoms with E-state index in [0.29, 0.717) is 18.1 Å². The van der Waals surface area contributed by atoms with Gasteiger partial charge in [0.25, 0.3) is 5.56 Å². The zero-order valence-electron chi connectivity index (χ0n) is 17.9. The van der Waals surface area contributed by atoms with E-state index in [-0.39, 0.29) is 29.7 Å². The number of nitrogens with zero attached hydrogens (tertiary/aromatic N) is 4. The molecule has 1 aliphatic carbocycles. The van der Waals surface area contributed by atoms with Gasteiger partial charge in [0, 0.05) is 25.3 Å². The smallest absolute Gasteiger partial charge is 0.270 e. The highest BCUT2D eigenvalue weighted by Gasteiger charge is 2.46. The van der Waals surface area contributed by atoms with Crippen LogP contribution in [0, 0.1) is 5.41 Å². The third-order valence-corrected chi connectivity index (χ3v) is 7.51. The van der Waals surface area contributed by atoms with E-state index in [2.05, 4.69) is 44.1 Å². The molecule has 3 aromatic rings. The average Bonchev–Trinajstić information content (AvgIpc) is 3.36. The summed E-state index contributed by atoms with van der Waals surface area (Å²) in [5, 5.41) is -0.0206. The van der Waals surface area contributed by atoms with Crippen molar-refractivity contribution in [1.29, 1.82) is 0 Å². The van der Waals surface area contributed by atoms with E-state index >= 15 is 0 Å². The predicted octanol–water partition coefficient (Wildman–Crippen LogP) is 3.64. The fourth-order valence-electron chi connectivity index (χ4n) is 5.27. The topological polar surface area (TPSA) is 109 Å². The summed E-state index contributed by atoms with van der Waals surface area (Å²) in [6.45, 7) is 2.16. The van der Waals surface area contributed by atoms with Crippen LogP contribution in [0.25, 0.3) is 0 Å². The molecular formula is C25H27ClN6O2. The maximum Gasteiger partial charge on any atom is 0.270 e. The Balaban J connectivity index is 0.00000241. The van der Waals surface area contributed by atoms with E-state index in [0.717, 1.165) is 43.9 Å². The lowest BCUT2D eigenvalue weighted by Crippen LogP contribution is -2.44. The second-order valence-electron chi connectivity index (χ2n) is 8.93. The van der Waals surface area contributed by atoms with Crippen LogP contribution in [0.4, 0.5) is 5.82 Å². The van der Waals surface area contributed by atoms with Crippen molar-refractivity contribution in [1.82, 2.24) is 15.0 Å². The third kappa shape index (κ3) is 3.58. The Morgan fingerprint density at radius 3 is 2.79 bits per heavy atom. The van der Waals surface area contributed by atoms with Crippen molar-refractivity contribution in [3.8, 4) is 5.75 Å². The summed E-state index contributed by atoms with van der Waals surface area (Å²) in [6, 6.07) is 10.2. The number of halogens is 1. The first-order chi connectivity index (χ1) is 16.0. The van der Waals surface area contributed by atoms with Crippen LogP contribution in [0.15, 0.2) is 52.5 Å². The highest BCUT2D eigenvalue weighted by molar-refractivity contribution is 6.32. The molecule has 1 atom stereocenters. The number of piperidine rings is 1. The van der Waals surface area contributed by atoms with Crippen LogP contribution in [0.2, 0.25) is 5.02 Å². The minimum atomic E-state index is -0.414. The number of H-pyrrole nitrogens is 1. The number of hydrogen-bond acceptors (Lipinski definition) is 7. The van der Waals surface area contributed by atoms with Crippen LogP contribution >= 0.6 is 11.6 Å². The summed E-state index contributed by atoms with van der Waals surface area (Å²) in [7, 11) is 0. The van der Waals surface area contributed by atoms with Crippen molar-refractivity contribution < 1.29 is 4.74 Å². The van der Waals surface area contributed by atoms with Gasteiger partial charge < -0.3 is 20.4 Å². The minimum Gasteiger partial charge on any atom is -0.435 e. The lowest BCUT2D eigenvalue weighted by atomic mass is 9.73. The molecule has 3 N–H and O–H groups in total. The Bertz CT molecular complexity index is 1330. The maximum atomic E-state index is 11.7. The fraction of sp³-hybridized carbons (Fsp3) is 0.360. The summed E-state index contributed by atoms with van der Waals surface area (Å²) in [5.41, 5.74) is 10.4. The molecule has 2 aromatic heterocycles. The Kier molecular flexibility index (Phi) is 5.65. The molecule has 0 saturated carbocycles. The third-order valence-electron chi connectivity index (χ3n) is 7.15. The van der Waals surface area contributed by atoms with E-state index in [1.54, 1.807) is 12.3 Å². The van der Waals surface area contributed by atoms with Crippen LogP contribution in [-0.4, -0.2) is 33.9 Å². The number of nitrogens with two attached hydrogens (primary N) is 1. The lowest BCUT2D eigenvalue weighted by Gasteiger charge is -2.42. The molecule has 1 aromatic carbocycles. The summed E-state index contributed by atoms with van der Waals surface area (Å²) in [4.78, 5) is 30.3. The molecule has 3 aliphatic rings. The average molecular weight is 479 g/mol. The van der Waals surface area contributed by atoms with E-state index < -0.39 is 5.56 Å². The van der Waals surface area contributed by atoms with Gasteiger partial charge in [0.15, 0.2) is 5.75 Å². The number of aromatic amines is 1. The Morgan fingerprint density at radius 1 is 1.21 bits per heavy atom. The molecule has 0 amide bonds. The molecule has 0 radical (unpaired) electrons. The summed E-state index contributed by atoms with van der Waals surface area (Å²) in [5.74, 6) is 1.41.